The third kappa shape index (κ3) is 2.28. The van der Waals surface area contributed by atoms with Gasteiger partial charge in [0, 0.05) is 0 Å². The van der Waals surface area contributed by atoms with Crippen molar-refractivity contribution in [3.8, 4) is 0 Å². The largest absolute Gasteiger partial charge is 0.466 e. The van der Waals surface area contributed by atoms with E-state index in [0.717, 1.165) is 0 Å². The van der Waals surface area contributed by atoms with Gasteiger partial charge in [-0.15, -0.1) is 0 Å². The van der Waals surface area contributed by atoms with Crippen molar-refractivity contribution in [3.63, 3.8) is 0 Å². The fourth-order valence-corrected chi connectivity index (χ4v) is 2.89. The van der Waals surface area contributed by atoms with Crippen LogP contribution in [0.2, 0.25) is 0 Å². The van der Waals surface area contributed by atoms with Crippen LogP contribution in [0, 0.1) is 5.92 Å². The van der Waals surface area contributed by atoms with Crippen molar-refractivity contribution in [2.45, 2.75) is 18.5 Å². The lowest BCUT2D eigenvalue weighted by Crippen LogP contribution is -2.83. The van der Waals surface area contributed by atoms with E-state index in [1.807, 2.05) is 0 Å². The Balaban J connectivity index is 2.50. The van der Waals surface area contributed by atoms with E-state index in [1.165, 1.54) is 17.4 Å². The predicted molar refractivity (Wildman–Crippen MR) is 66.0 cm³/mol. The highest BCUT2D eigenvalue weighted by molar-refractivity contribution is 5.75. The normalized spacial score (nSPS) is 26.5. The van der Waals surface area contributed by atoms with Crippen LogP contribution in [0.5, 0.6) is 0 Å². The number of hydrogen-bond acceptors (Lipinski definition) is 2. The van der Waals surface area contributed by atoms with Gasteiger partial charge in [-0.2, -0.15) is 13.2 Å². The molecule has 1 saturated heterocycles. The smallest absolute Gasteiger partial charge is 0.404 e. The summed E-state index contributed by atoms with van der Waals surface area (Å²) in [5.41, 5.74) is -2.04. The second-order valence-corrected chi connectivity index (χ2v) is 4.87. The highest BCUT2D eigenvalue weighted by Gasteiger charge is 2.67. The summed E-state index contributed by atoms with van der Waals surface area (Å²) in [7, 11) is 0. The minimum Gasteiger partial charge on any atom is -0.466 e. The van der Waals surface area contributed by atoms with Crippen LogP contribution in [0.4, 0.5) is 13.2 Å². The molecule has 0 amide bonds. The molecule has 1 aromatic carbocycles. The van der Waals surface area contributed by atoms with Gasteiger partial charge >= 0.3 is 12.1 Å². The Morgan fingerprint density at radius 2 is 2.05 bits per heavy atom. The summed E-state index contributed by atoms with van der Waals surface area (Å²) in [4.78, 5) is 11.9. The summed E-state index contributed by atoms with van der Waals surface area (Å²) in [6.07, 6.45) is -4.50. The molecule has 20 heavy (non-hydrogen) atoms. The number of halogens is 3. The van der Waals surface area contributed by atoms with Crippen LogP contribution in [-0.4, -0.2) is 31.8 Å². The molecule has 1 heterocycles. The molecule has 1 aliphatic rings. The number of ether oxygens (including phenoxy) is 1. The Morgan fingerprint density at radius 1 is 1.40 bits per heavy atom. The predicted octanol–water partition coefficient (Wildman–Crippen LogP) is 1.24. The molecular weight excluding hydrogens is 271 g/mol. The molecule has 0 saturated carbocycles. The number of benzene rings is 1. The van der Waals surface area contributed by atoms with E-state index in [9.17, 15) is 18.0 Å². The molecule has 0 unspecified atom stereocenters. The van der Waals surface area contributed by atoms with Gasteiger partial charge in [-0.05, 0) is 12.5 Å². The van der Waals surface area contributed by atoms with E-state index in [1.54, 1.807) is 25.1 Å². The Kier molecular flexibility index (Phi) is 4.04. The molecule has 2 atom stereocenters. The molecular formula is C14H17F3NO2+. The first-order chi connectivity index (χ1) is 9.43. The molecule has 110 valence electrons. The maximum absolute atomic E-state index is 13.7. The van der Waals surface area contributed by atoms with Gasteiger partial charge in [-0.1, -0.05) is 30.3 Å². The van der Waals surface area contributed by atoms with E-state index in [0.29, 0.717) is 0 Å². The number of esters is 1. The molecule has 0 radical (unpaired) electrons. The number of alkyl halides is 3. The Labute approximate surface area is 115 Å². The zero-order chi connectivity index (χ0) is 14.8. The molecule has 1 fully saturated rings. The van der Waals surface area contributed by atoms with Gasteiger partial charge in [0.25, 0.3) is 0 Å². The standard InChI is InChI=1S/C14H16F3NO2/c1-2-20-12(19)11-8-18-9-13(11,14(15,16)17)10-6-4-3-5-7-10/h3-7,11,18H,2,8-9H2,1H3/p+1/t11-,13-/m0/s1. The molecule has 1 aliphatic heterocycles. The zero-order valence-corrected chi connectivity index (χ0v) is 11.1. The summed E-state index contributed by atoms with van der Waals surface area (Å²) in [6, 6.07) is 7.63. The minimum absolute atomic E-state index is 0.0814. The molecule has 2 N–H and O–H groups in total. The van der Waals surface area contributed by atoms with Gasteiger partial charge in [-0.3, -0.25) is 4.79 Å². The Hall–Kier alpha value is -1.56. The van der Waals surface area contributed by atoms with Crippen LogP contribution in [0.1, 0.15) is 12.5 Å². The lowest BCUT2D eigenvalue weighted by Gasteiger charge is -2.33. The summed E-state index contributed by atoms with van der Waals surface area (Å²) in [5.74, 6) is -1.98. The van der Waals surface area contributed by atoms with Crippen LogP contribution in [0.25, 0.3) is 0 Å². The van der Waals surface area contributed by atoms with Crippen LogP contribution in [0.3, 0.4) is 0 Å². The van der Waals surface area contributed by atoms with Gasteiger partial charge in [0.15, 0.2) is 5.41 Å². The van der Waals surface area contributed by atoms with Gasteiger partial charge in [0.2, 0.25) is 0 Å². The first-order valence-corrected chi connectivity index (χ1v) is 6.54. The van der Waals surface area contributed by atoms with Crippen molar-refractivity contribution in [2.75, 3.05) is 19.7 Å². The number of carbonyl (C=O) groups is 1. The monoisotopic (exact) mass is 288 g/mol. The maximum Gasteiger partial charge on any atom is 0.404 e. The quantitative estimate of drug-likeness (QED) is 0.851. The summed E-state index contributed by atoms with van der Waals surface area (Å²) >= 11 is 0. The molecule has 0 bridgehead atoms. The van der Waals surface area contributed by atoms with Gasteiger partial charge in [-0.25, -0.2) is 0 Å². The lowest BCUT2D eigenvalue weighted by atomic mass is 9.71. The van der Waals surface area contributed by atoms with E-state index < -0.39 is 23.5 Å². The second-order valence-electron chi connectivity index (χ2n) is 4.87. The molecule has 3 nitrogen and oxygen atoms in total. The number of quaternary nitrogens is 1. The average Bonchev–Trinajstić information content (AvgIpc) is 2.85. The van der Waals surface area contributed by atoms with Crippen molar-refractivity contribution in [2.24, 2.45) is 5.92 Å². The zero-order valence-electron chi connectivity index (χ0n) is 11.1. The molecule has 0 spiro atoms. The van der Waals surface area contributed by atoms with E-state index in [-0.39, 0.29) is 25.3 Å². The van der Waals surface area contributed by atoms with Gasteiger partial charge in [0.05, 0.1) is 19.7 Å². The highest BCUT2D eigenvalue weighted by atomic mass is 19.4. The van der Waals surface area contributed by atoms with Crippen molar-refractivity contribution in [1.29, 1.82) is 0 Å². The number of carbonyl (C=O) groups excluding carboxylic acids is 1. The molecule has 2 rings (SSSR count). The molecule has 6 heteroatoms. The highest BCUT2D eigenvalue weighted by Crippen LogP contribution is 2.47. The first-order valence-electron chi connectivity index (χ1n) is 6.54. The topological polar surface area (TPSA) is 42.9 Å². The van der Waals surface area contributed by atoms with E-state index in [4.69, 9.17) is 4.74 Å². The third-order valence-corrected chi connectivity index (χ3v) is 3.83. The molecule has 1 aromatic rings. The first kappa shape index (κ1) is 14.8. The van der Waals surface area contributed by atoms with Crippen molar-refractivity contribution in [1.82, 2.24) is 0 Å². The summed E-state index contributed by atoms with van der Waals surface area (Å²) < 4.78 is 46.0. The number of rotatable bonds is 3. The van der Waals surface area contributed by atoms with Crippen LogP contribution < -0.4 is 5.32 Å². The molecule has 0 aliphatic carbocycles. The van der Waals surface area contributed by atoms with Crippen LogP contribution in [0.15, 0.2) is 30.3 Å². The third-order valence-electron chi connectivity index (χ3n) is 3.83. The SMILES string of the molecule is CCOC(=O)[C@@H]1C[NH2+]C[C@@]1(c1ccccc1)C(F)(F)F. The van der Waals surface area contributed by atoms with Crippen LogP contribution >= 0.6 is 0 Å². The number of nitrogens with two attached hydrogens (primary N) is 1. The van der Waals surface area contributed by atoms with Gasteiger partial charge < -0.3 is 10.1 Å². The molecule has 0 aromatic heterocycles. The summed E-state index contributed by atoms with van der Waals surface area (Å²) in [5, 5.41) is 1.53. The van der Waals surface area contributed by atoms with Crippen molar-refractivity contribution >= 4 is 5.97 Å². The van der Waals surface area contributed by atoms with Gasteiger partial charge in [0.1, 0.15) is 5.92 Å². The fraction of sp³-hybridized carbons (Fsp3) is 0.500. The number of hydrogen-bond donors (Lipinski definition) is 1. The lowest BCUT2D eigenvalue weighted by molar-refractivity contribution is -0.642. The summed E-state index contributed by atoms with van der Waals surface area (Å²) in [6.45, 7) is 1.57. The maximum atomic E-state index is 13.7. The Morgan fingerprint density at radius 3 is 2.60 bits per heavy atom. The van der Waals surface area contributed by atoms with E-state index in [2.05, 4.69) is 0 Å². The average molecular weight is 288 g/mol. The fourth-order valence-electron chi connectivity index (χ4n) is 2.89. The second kappa shape index (κ2) is 5.44. The van der Waals surface area contributed by atoms with Crippen molar-refractivity contribution in [3.05, 3.63) is 35.9 Å². The Bertz CT molecular complexity index is 475. The van der Waals surface area contributed by atoms with E-state index >= 15 is 0 Å². The van der Waals surface area contributed by atoms with Crippen LogP contribution in [-0.2, 0) is 14.9 Å². The van der Waals surface area contributed by atoms with Crippen molar-refractivity contribution < 1.29 is 28.0 Å². The minimum atomic E-state index is -4.50.